The summed E-state index contributed by atoms with van der Waals surface area (Å²) in [5.74, 6) is 0.144. The van der Waals surface area contributed by atoms with Crippen molar-refractivity contribution in [2.45, 2.75) is 11.3 Å². The predicted octanol–water partition coefficient (Wildman–Crippen LogP) is 2.45. The lowest BCUT2D eigenvalue weighted by atomic mass is 10.0. The first kappa shape index (κ1) is 15.9. The summed E-state index contributed by atoms with van der Waals surface area (Å²) in [5, 5.41) is 0. The second kappa shape index (κ2) is 6.67. The normalized spacial score (nSPS) is 11.2. The van der Waals surface area contributed by atoms with Gasteiger partial charge in [-0.15, -0.1) is 0 Å². The molecule has 122 valence electrons. The Kier molecular flexibility index (Phi) is 4.43. The van der Waals surface area contributed by atoms with Crippen LogP contribution in [0.2, 0.25) is 0 Å². The molecule has 0 fully saturated rings. The van der Waals surface area contributed by atoms with Crippen LogP contribution in [0.4, 0.5) is 11.5 Å². The second-order valence-corrected chi connectivity index (χ2v) is 6.88. The number of aromatic nitrogens is 2. The topological polar surface area (TPSA) is 98.0 Å². The highest BCUT2D eigenvalue weighted by Gasteiger charge is 2.18. The first-order valence-corrected chi connectivity index (χ1v) is 8.74. The fourth-order valence-electron chi connectivity index (χ4n) is 2.33. The maximum Gasteiger partial charge on any atom is 0.265 e. The van der Waals surface area contributed by atoms with Crippen molar-refractivity contribution in [3.8, 4) is 0 Å². The van der Waals surface area contributed by atoms with Crippen LogP contribution in [-0.4, -0.2) is 18.4 Å². The van der Waals surface area contributed by atoms with Gasteiger partial charge in [0.05, 0.1) is 11.9 Å². The van der Waals surface area contributed by atoms with Crippen LogP contribution in [0.25, 0.3) is 0 Å². The minimum absolute atomic E-state index is 0.0185. The van der Waals surface area contributed by atoms with E-state index in [2.05, 4.69) is 14.7 Å². The maximum absolute atomic E-state index is 12.4. The average molecular weight is 340 g/mol. The summed E-state index contributed by atoms with van der Waals surface area (Å²) in [6.07, 6.45) is 4.88. The summed E-state index contributed by atoms with van der Waals surface area (Å²) in [4.78, 5) is 7.74. The third kappa shape index (κ3) is 3.69. The van der Waals surface area contributed by atoms with Crippen LogP contribution < -0.4 is 10.5 Å². The third-order valence-corrected chi connectivity index (χ3v) is 4.85. The van der Waals surface area contributed by atoms with E-state index < -0.39 is 10.0 Å². The fraction of sp³-hybridized carbons (Fsp3) is 0.0588. The van der Waals surface area contributed by atoms with Gasteiger partial charge in [-0.25, -0.2) is 13.4 Å². The van der Waals surface area contributed by atoms with Gasteiger partial charge in [-0.2, -0.15) is 0 Å². The number of hydrogen-bond donors (Lipinski definition) is 2. The van der Waals surface area contributed by atoms with Gasteiger partial charge in [0.15, 0.2) is 5.82 Å². The van der Waals surface area contributed by atoms with Crippen LogP contribution in [0.5, 0.6) is 0 Å². The SMILES string of the molecule is Nc1cc(Cc2ccccc2)ccc1S(=O)(=O)Nc1cnccn1. The molecule has 0 saturated heterocycles. The van der Waals surface area contributed by atoms with Crippen molar-refractivity contribution in [3.63, 3.8) is 0 Å². The Bertz CT molecular complexity index is 929. The van der Waals surface area contributed by atoms with Crippen molar-refractivity contribution in [1.29, 1.82) is 0 Å². The van der Waals surface area contributed by atoms with Crippen LogP contribution >= 0.6 is 0 Å². The van der Waals surface area contributed by atoms with E-state index in [9.17, 15) is 8.42 Å². The van der Waals surface area contributed by atoms with Gasteiger partial charge in [-0.3, -0.25) is 9.71 Å². The van der Waals surface area contributed by atoms with E-state index in [-0.39, 0.29) is 16.4 Å². The molecule has 0 radical (unpaired) electrons. The largest absolute Gasteiger partial charge is 0.398 e. The van der Waals surface area contributed by atoms with E-state index in [0.717, 1.165) is 11.1 Å². The summed E-state index contributed by atoms with van der Waals surface area (Å²) in [7, 11) is -3.81. The molecule has 0 saturated carbocycles. The van der Waals surface area contributed by atoms with Crippen molar-refractivity contribution >= 4 is 21.5 Å². The molecule has 3 N–H and O–H groups in total. The molecule has 0 aliphatic carbocycles. The molecule has 0 aliphatic heterocycles. The van der Waals surface area contributed by atoms with Gasteiger partial charge in [0.25, 0.3) is 10.0 Å². The Morgan fingerprint density at radius 3 is 2.46 bits per heavy atom. The Balaban J connectivity index is 1.84. The highest BCUT2D eigenvalue weighted by Crippen LogP contribution is 2.23. The molecule has 2 aromatic carbocycles. The summed E-state index contributed by atoms with van der Waals surface area (Å²) in [6, 6.07) is 14.8. The lowest BCUT2D eigenvalue weighted by Crippen LogP contribution is -2.16. The van der Waals surface area contributed by atoms with Gasteiger partial charge in [0.2, 0.25) is 0 Å². The van der Waals surface area contributed by atoms with Crippen LogP contribution in [0.1, 0.15) is 11.1 Å². The number of nitrogens with one attached hydrogen (secondary N) is 1. The molecule has 1 aromatic heterocycles. The van der Waals surface area contributed by atoms with Crippen LogP contribution in [0, 0.1) is 0 Å². The van der Waals surface area contributed by atoms with Gasteiger partial charge in [-0.1, -0.05) is 36.4 Å². The molecule has 24 heavy (non-hydrogen) atoms. The van der Waals surface area contributed by atoms with Gasteiger partial charge in [0.1, 0.15) is 4.90 Å². The predicted molar refractivity (Wildman–Crippen MR) is 92.9 cm³/mol. The Morgan fingerprint density at radius 2 is 1.79 bits per heavy atom. The molecular weight excluding hydrogens is 324 g/mol. The second-order valence-electron chi connectivity index (χ2n) is 5.23. The quantitative estimate of drug-likeness (QED) is 0.695. The molecule has 7 heteroatoms. The smallest absolute Gasteiger partial charge is 0.265 e. The number of nitrogens with zero attached hydrogens (tertiary/aromatic N) is 2. The molecule has 0 aliphatic rings. The van der Waals surface area contributed by atoms with E-state index in [4.69, 9.17) is 5.73 Å². The molecular formula is C17H16N4O2S. The maximum atomic E-state index is 12.4. The molecule has 3 rings (SSSR count). The Hall–Kier alpha value is -2.93. The minimum atomic E-state index is -3.81. The molecule has 0 unspecified atom stereocenters. The van der Waals surface area contributed by atoms with Crippen molar-refractivity contribution in [2.24, 2.45) is 0 Å². The zero-order valence-corrected chi connectivity index (χ0v) is 13.6. The number of rotatable bonds is 5. The van der Waals surface area contributed by atoms with Gasteiger partial charge in [0, 0.05) is 12.4 Å². The van der Waals surface area contributed by atoms with Crippen molar-refractivity contribution in [1.82, 2.24) is 9.97 Å². The minimum Gasteiger partial charge on any atom is -0.398 e. The lowest BCUT2D eigenvalue weighted by Gasteiger charge is -2.11. The van der Waals surface area contributed by atoms with Crippen LogP contribution in [0.15, 0.2) is 72.0 Å². The number of sulfonamides is 1. The molecule has 6 nitrogen and oxygen atoms in total. The van der Waals surface area contributed by atoms with E-state index in [1.807, 2.05) is 30.3 Å². The molecule has 0 amide bonds. The summed E-state index contributed by atoms with van der Waals surface area (Å²) in [6.45, 7) is 0. The standard InChI is InChI=1S/C17H16N4O2S/c18-15-11-14(10-13-4-2-1-3-5-13)6-7-16(15)24(22,23)21-17-12-19-8-9-20-17/h1-9,11-12H,10,18H2,(H,20,21). The van der Waals surface area contributed by atoms with Crippen LogP contribution in [0.3, 0.4) is 0 Å². The monoisotopic (exact) mass is 340 g/mol. The van der Waals surface area contributed by atoms with Crippen molar-refractivity contribution in [3.05, 3.63) is 78.2 Å². The van der Waals surface area contributed by atoms with Gasteiger partial charge < -0.3 is 5.73 Å². The van der Waals surface area contributed by atoms with E-state index in [1.165, 1.54) is 24.7 Å². The number of anilines is 2. The highest BCUT2D eigenvalue weighted by atomic mass is 32.2. The zero-order chi connectivity index (χ0) is 17.0. The number of nitrogens with two attached hydrogens (primary N) is 1. The molecule has 1 heterocycles. The number of hydrogen-bond acceptors (Lipinski definition) is 5. The lowest BCUT2D eigenvalue weighted by molar-refractivity contribution is 0.601. The average Bonchev–Trinajstić information content (AvgIpc) is 2.56. The Labute approximate surface area is 140 Å². The Morgan fingerprint density at radius 1 is 1.00 bits per heavy atom. The van der Waals surface area contributed by atoms with Crippen molar-refractivity contribution in [2.75, 3.05) is 10.5 Å². The van der Waals surface area contributed by atoms with Gasteiger partial charge in [-0.05, 0) is 29.7 Å². The number of benzene rings is 2. The van der Waals surface area contributed by atoms with Gasteiger partial charge >= 0.3 is 0 Å². The van der Waals surface area contributed by atoms with E-state index >= 15 is 0 Å². The highest BCUT2D eigenvalue weighted by molar-refractivity contribution is 7.92. The zero-order valence-electron chi connectivity index (χ0n) is 12.8. The first-order chi connectivity index (χ1) is 11.5. The summed E-state index contributed by atoms with van der Waals surface area (Å²) in [5.41, 5.74) is 8.23. The first-order valence-electron chi connectivity index (χ1n) is 7.26. The molecule has 0 atom stereocenters. The van der Waals surface area contributed by atoms with Crippen LogP contribution in [-0.2, 0) is 16.4 Å². The van der Waals surface area contributed by atoms with Crippen molar-refractivity contribution < 1.29 is 8.42 Å². The molecule has 0 bridgehead atoms. The fourth-order valence-corrected chi connectivity index (χ4v) is 3.44. The molecule has 0 spiro atoms. The number of nitrogen functional groups attached to an aromatic ring is 1. The summed E-state index contributed by atoms with van der Waals surface area (Å²) >= 11 is 0. The summed E-state index contributed by atoms with van der Waals surface area (Å²) < 4.78 is 27.2. The third-order valence-electron chi connectivity index (χ3n) is 3.42. The molecule has 3 aromatic rings. The van der Waals surface area contributed by atoms with E-state index in [1.54, 1.807) is 12.1 Å². The van der Waals surface area contributed by atoms with E-state index in [0.29, 0.717) is 6.42 Å².